The molecule has 0 saturated carbocycles. The molecule has 2 aromatic rings. The third-order valence-corrected chi connectivity index (χ3v) is 2.59. The van der Waals surface area contributed by atoms with Crippen LogP contribution < -0.4 is 10.1 Å². The lowest BCUT2D eigenvalue weighted by molar-refractivity contribution is 0.340. The fraction of sp³-hybridized carbons (Fsp3) is 0.357. The molecule has 18 heavy (non-hydrogen) atoms. The molecule has 0 fully saturated rings. The molecule has 4 nitrogen and oxygen atoms in total. The van der Waals surface area contributed by atoms with Gasteiger partial charge in [0.1, 0.15) is 5.75 Å². The minimum atomic E-state index is 0.637. The van der Waals surface area contributed by atoms with Gasteiger partial charge in [0.2, 0.25) is 0 Å². The zero-order valence-corrected chi connectivity index (χ0v) is 10.8. The monoisotopic (exact) mass is 246 g/mol. The number of nitrogens with zero attached hydrogens (tertiary/aromatic N) is 1. The van der Waals surface area contributed by atoms with Gasteiger partial charge in [-0.3, -0.25) is 0 Å². The number of ether oxygens (including phenoxy) is 1. The summed E-state index contributed by atoms with van der Waals surface area (Å²) in [5.41, 5.74) is 0.947. The fourth-order valence-electron chi connectivity index (χ4n) is 1.73. The third-order valence-electron chi connectivity index (χ3n) is 2.59. The van der Waals surface area contributed by atoms with Crippen LogP contribution in [0.15, 0.2) is 34.9 Å². The molecule has 0 amide bonds. The van der Waals surface area contributed by atoms with Crippen LogP contribution in [-0.2, 0) is 6.42 Å². The van der Waals surface area contributed by atoms with E-state index in [0.717, 1.165) is 35.9 Å². The van der Waals surface area contributed by atoms with Crippen molar-refractivity contribution < 1.29 is 9.15 Å². The summed E-state index contributed by atoms with van der Waals surface area (Å²) in [6.45, 7) is 3.46. The highest BCUT2D eigenvalue weighted by molar-refractivity contribution is 5.64. The molecule has 1 aromatic carbocycles. The first-order valence-electron chi connectivity index (χ1n) is 6.16. The maximum absolute atomic E-state index is 5.73. The maximum Gasteiger partial charge on any atom is 0.196 e. The van der Waals surface area contributed by atoms with Crippen molar-refractivity contribution in [2.75, 3.05) is 20.2 Å². The quantitative estimate of drug-likeness (QED) is 0.850. The van der Waals surface area contributed by atoms with Crippen LogP contribution >= 0.6 is 0 Å². The molecule has 0 radical (unpaired) electrons. The molecular formula is C14H18N2O2. The van der Waals surface area contributed by atoms with Gasteiger partial charge in [-0.1, -0.05) is 12.1 Å². The zero-order valence-electron chi connectivity index (χ0n) is 10.8. The Labute approximate surface area is 107 Å². The highest BCUT2D eigenvalue weighted by atomic mass is 16.5. The highest BCUT2D eigenvalue weighted by Gasteiger charge is 2.10. The predicted molar refractivity (Wildman–Crippen MR) is 70.7 cm³/mol. The second-order valence-corrected chi connectivity index (χ2v) is 3.90. The van der Waals surface area contributed by atoms with E-state index in [0.29, 0.717) is 6.61 Å². The number of nitrogens with one attached hydrogen (secondary N) is 1. The van der Waals surface area contributed by atoms with Crippen molar-refractivity contribution in [3.8, 4) is 17.1 Å². The van der Waals surface area contributed by atoms with Crippen LogP contribution in [0.2, 0.25) is 0 Å². The summed E-state index contributed by atoms with van der Waals surface area (Å²) >= 11 is 0. The van der Waals surface area contributed by atoms with E-state index < -0.39 is 0 Å². The molecule has 96 valence electrons. The summed E-state index contributed by atoms with van der Waals surface area (Å²) < 4.78 is 11.3. The summed E-state index contributed by atoms with van der Waals surface area (Å²) in [6, 6.07) is 7.84. The molecule has 0 aliphatic heterocycles. The standard InChI is InChI=1S/C14H18N2O2/c1-3-17-12-7-5-4-6-11(12)13-10-16-14(18-13)8-9-15-2/h4-7,10,15H,3,8-9H2,1-2H3. The smallest absolute Gasteiger partial charge is 0.196 e. The zero-order chi connectivity index (χ0) is 12.8. The van der Waals surface area contributed by atoms with Gasteiger partial charge in [-0.25, -0.2) is 4.98 Å². The SMILES string of the molecule is CCOc1ccccc1-c1cnc(CCNC)o1. The topological polar surface area (TPSA) is 47.3 Å². The summed E-state index contributed by atoms with van der Waals surface area (Å²) in [5.74, 6) is 2.33. The number of hydrogen-bond donors (Lipinski definition) is 1. The van der Waals surface area contributed by atoms with E-state index in [1.54, 1.807) is 6.20 Å². The molecule has 0 aliphatic carbocycles. The van der Waals surface area contributed by atoms with E-state index in [4.69, 9.17) is 9.15 Å². The largest absolute Gasteiger partial charge is 0.493 e. The number of likely N-dealkylation sites (N-methyl/N-ethyl adjacent to an activating group) is 1. The molecule has 0 atom stereocenters. The molecule has 4 heteroatoms. The normalized spacial score (nSPS) is 10.6. The first kappa shape index (κ1) is 12.6. The molecule has 0 aliphatic rings. The van der Waals surface area contributed by atoms with Crippen LogP contribution in [0.25, 0.3) is 11.3 Å². The Bertz CT molecular complexity index is 494. The molecule has 0 spiro atoms. The van der Waals surface area contributed by atoms with E-state index >= 15 is 0 Å². The minimum Gasteiger partial charge on any atom is -0.493 e. The average Bonchev–Trinajstić information content (AvgIpc) is 2.86. The summed E-state index contributed by atoms with van der Waals surface area (Å²) in [5, 5.41) is 3.07. The molecule has 1 aromatic heterocycles. The van der Waals surface area contributed by atoms with Crippen molar-refractivity contribution in [2.45, 2.75) is 13.3 Å². The van der Waals surface area contributed by atoms with Gasteiger partial charge in [0.05, 0.1) is 18.4 Å². The number of hydrogen-bond acceptors (Lipinski definition) is 4. The van der Waals surface area contributed by atoms with Gasteiger partial charge >= 0.3 is 0 Å². The molecule has 1 N–H and O–H groups in total. The number of rotatable bonds is 6. The van der Waals surface area contributed by atoms with Gasteiger partial charge in [-0.05, 0) is 26.1 Å². The first-order valence-corrected chi connectivity index (χ1v) is 6.16. The van der Waals surface area contributed by atoms with Crippen LogP contribution in [0.1, 0.15) is 12.8 Å². The molecule has 0 saturated heterocycles. The van der Waals surface area contributed by atoms with Crippen LogP contribution in [0.5, 0.6) is 5.75 Å². The van der Waals surface area contributed by atoms with Crippen molar-refractivity contribution in [1.82, 2.24) is 10.3 Å². The second-order valence-electron chi connectivity index (χ2n) is 3.90. The number of oxazole rings is 1. The first-order chi connectivity index (χ1) is 8.85. The van der Waals surface area contributed by atoms with E-state index in [1.165, 1.54) is 0 Å². The van der Waals surface area contributed by atoms with Gasteiger partial charge in [0.15, 0.2) is 11.7 Å². The van der Waals surface area contributed by atoms with Gasteiger partial charge in [0, 0.05) is 13.0 Å². The lowest BCUT2D eigenvalue weighted by Gasteiger charge is -2.06. The van der Waals surface area contributed by atoms with Gasteiger partial charge in [0.25, 0.3) is 0 Å². The van der Waals surface area contributed by atoms with Gasteiger partial charge in [-0.15, -0.1) is 0 Å². The third kappa shape index (κ3) is 2.90. The Hall–Kier alpha value is -1.81. The van der Waals surface area contributed by atoms with Gasteiger partial charge in [-0.2, -0.15) is 0 Å². The number of aromatic nitrogens is 1. The van der Waals surface area contributed by atoms with Crippen LogP contribution in [0.4, 0.5) is 0 Å². The Morgan fingerprint density at radius 3 is 2.94 bits per heavy atom. The van der Waals surface area contributed by atoms with E-state index in [-0.39, 0.29) is 0 Å². The number of benzene rings is 1. The summed E-state index contributed by atoms with van der Waals surface area (Å²) in [7, 11) is 1.91. The predicted octanol–water partition coefficient (Wildman–Crippen LogP) is 2.50. The van der Waals surface area contributed by atoms with Crippen molar-refractivity contribution in [3.05, 3.63) is 36.4 Å². The second kappa shape index (κ2) is 6.21. The lowest BCUT2D eigenvalue weighted by Crippen LogP contribution is -2.10. The number of para-hydroxylation sites is 1. The van der Waals surface area contributed by atoms with Crippen molar-refractivity contribution in [3.63, 3.8) is 0 Å². The van der Waals surface area contributed by atoms with Gasteiger partial charge < -0.3 is 14.5 Å². The van der Waals surface area contributed by atoms with Crippen LogP contribution in [-0.4, -0.2) is 25.2 Å². The minimum absolute atomic E-state index is 0.637. The summed E-state index contributed by atoms with van der Waals surface area (Å²) in [6.07, 6.45) is 2.54. The van der Waals surface area contributed by atoms with E-state index in [9.17, 15) is 0 Å². The summed E-state index contributed by atoms with van der Waals surface area (Å²) in [4.78, 5) is 4.27. The highest BCUT2D eigenvalue weighted by Crippen LogP contribution is 2.30. The van der Waals surface area contributed by atoms with Crippen LogP contribution in [0.3, 0.4) is 0 Å². The maximum atomic E-state index is 5.73. The average molecular weight is 246 g/mol. The molecule has 2 rings (SSSR count). The molecular weight excluding hydrogens is 228 g/mol. The Morgan fingerprint density at radius 1 is 1.33 bits per heavy atom. The molecule has 1 heterocycles. The van der Waals surface area contributed by atoms with E-state index in [2.05, 4.69) is 10.3 Å². The van der Waals surface area contributed by atoms with Crippen LogP contribution in [0, 0.1) is 0 Å². The molecule has 0 bridgehead atoms. The molecule has 0 unspecified atom stereocenters. The van der Waals surface area contributed by atoms with Crippen molar-refractivity contribution in [2.24, 2.45) is 0 Å². The Balaban J connectivity index is 2.22. The lowest BCUT2D eigenvalue weighted by atomic mass is 10.1. The Kier molecular flexibility index (Phi) is 4.36. The Morgan fingerprint density at radius 2 is 2.17 bits per heavy atom. The fourth-order valence-corrected chi connectivity index (χ4v) is 1.73. The van der Waals surface area contributed by atoms with Crippen molar-refractivity contribution >= 4 is 0 Å². The van der Waals surface area contributed by atoms with E-state index in [1.807, 2.05) is 38.2 Å². The van der Waals surface area contributed by atoms with Crippen molar-refractivity contribution in [1.29, 1.82) is 0 Å².